The Morgan fingerprint density at radius 3 is 2.36 bits per heavy atom. The molecule has 0 saturated heterocycles. The molecule has 0 bridgehead atoms. The minimum atomic E-state index is -3.63. The fraction of sp³-hybridized carbons (Fsp3) is 0.235. The number of hydrogen-bond acceptors (Lipinski definition) is 4. The maximum absolute atomic E-state index is 13.1. The zero-order chi connectivity index (χ0) is 18.4. The van der Waals surface area contributed by atoms with Gasteiger partial charge in [0, 0.05) is 20.2 Å². The van der Waals surface area contributed by atoms with Crippen molar-refractivity contribution in [2.75, 3.05) is 14.1 Å². The summed E-state index contributed by atoms with van der Waals surface area (Å²) in [6, 6.07) is 9.73. The van der Waals surface area contributed by atoms with Gasteiger partial charge in [0.1, 0.15) is 5.82 Å². The Labute approximate surface area is 144 Å². The summed E-state index contributed by atoms with van der Waals surface area (Å²) in [7, 11) is -0.773. The average molecular weight is 364 g/mol. The van der Waals surface area contributed by atoms with Gasteiger partial charge in [0.2, 0.25) is 10.0 Å². The molecule has 1 atom stereocenters. The molecule has 0 radical (unpaired) electrons. The largest absolute Gasteiger partial charge is 0.420 e. The maximum atomic E-state index is 13.1. The summed E-state index contributed by atoms with van der Waals surface area (Å²) in [5.41, 5.74) is 1.39. The Kier molecular flexibility index (Phi) is 4.26. The number of oxazole rings is 1. The van der Waals surface area contributed by atoms with Crippen LogP contribution in [0.1, 0.15) is 18.5 Å². The zero-order valence-corrected chi connectivity index (χ0v) is 14.7. The molecule has 8 heteroatoms. The SMILES string of the molecule is CC(c1ccc(F)cc1)n1c(=O)oc2cc(S(=O)(=O)N(C)C)ccc21. The molecule has 0 aliphatic rings. The third-order valence-corrected chi connectivity index (χ3v) is 5.91. The highest BCUT2D eigenvalue weighted by atomic mass is 32.2. The molecular weight excluding hydrogens is 347 g/mol. The van der Waals surface area contributed by atoms with Crippen LogP contribution < -0.4 is 5.76 Å². The second-order valence-corrected chi connectivity index (χ2v) is 8.03. The van der Waals surface area contributed by atoms with E-state index in [1.807, 2.05) is 0 Å². The van der Waals surface area contributed by atoms with Crippen LogP contribution in [-0.2, 0) is 10.0 Å². The number of sulfonamides is 1. The summed E-state index contributed by atoms with van der Waals surface area (Å²) in [4.78, 5) is 12.3. The predicted molar refractivity (Wildman–Crippen MR) is 91.6 cm³/mol. The molecule has 0 fully saturated rings. The zero-order valence-electron chi connectivity index (χ0n) is 13.9. The predicted octanol–water partition coefficient (Wildman–Crippen LogP) is 2.59. The molecule has 0 aliphatic carbocycles. The van der Waals surface area contributed by atoms with E-state index >= 15 is 0 Å². The van der Waals surface area contributed by atoms with Crippen LogP contribution in [0.5, 0.6) is 0 Å². The van der Waals surface area contributed by atoms with Gasteiger partial charge in [-0.1, -0.05) is 12.1 Å². The second kappa shape index (κ2) is 6.12. The molecule has 0 N–H and O–H groups in total. The number of nitrogens with zero attached hydrogens (tertiary/aromatic N) is 2. The van der Waals surface area contributed by atoms with Gasteiger partial charge in [-0.15, -0.1) is 0 Å². The summed E-state index contributed by atoms with van der Waals surface area (Å²) >= 11 is 0. The highest BCUT2D eigenvalue weighted by Crippen LogP contribution is 2.25. The number of fused-ring (bicyclic) bond motifs is 1. The van der Waals surface area contributed by atoms with Crippen LogP contribution in [0.4, 0.5) is 4.39 Å². The lowest BCUT2D eigenvalue weighted by Crippen LogP contribution is -2.22. The van der Waals surface area contributed by atoms with E-state index in [1.54, 1.807) is 19.1 Å². The van der Waals surface area contributed by atoms with Crippen molar-refractivity contribution in [3.05, 3.63) is 64.4 Å². The lowest BCUT2D eigenvalue weighted by Gasteiger charge is -2.14. The highest BCUT2D eigenvalue weighted by Gasteiger charge is 2.21. The van der Waals surface area contributed by atoms with Crippen molar-refractivity contribution in [1.29, 1.82) is 0 Å². The molecule has 132 valence electrons. The standard InChI is InChI=1S/C17H17FN2O4S/c1-11(12-4-6-13(18)7-5-12)20-15-9-8-14(25(22,23)19(2)3)10-16(15)24-17(20)21/h4-11H,1-3H3. The third kappa shape index (κ3) is 2.98. The minimum Gasteiger partial charge on any atom is -0.408 e. The lowest BCUT2D eigenvalue weighted by molar-refractivity contribution is 0.488. The molecule has 0 aliphatic heterocycles. The van der Waals surface area contributed by atoms with Crippen LogP contribution in [0.3, 0.4) is 0 Å². The van der Waals surface area contributed by atoms with Crippen molar-refractivity contribution in [3.8, 4) is 0 Å². The van der Waals surface area contributed by atoms with E-state index in [1.165, 1.54) is 49.0 Å². The molecule has 1 aromatic heterocycles. The van der Waals surface area contributed by atoms with E-state index in [0.717, 1.165) is 9.87 Å². The van der Waals surface area contributed by atoms with E-state index in [-0.39, 0.29) is 16.3 Å². The van der Waals surface area contributed by atoms with Crippen molar-refractivity contribution in [3.63, 3.8) is 0 Å². The normalized spacial score (nSPS) is 13.5. The van der Waals surface area contributed by atoms with Crippen molar-refractivity contribution >= 4 is 21.1 Å². The minimum absolute atomic E-state index is 0.0420. The first-order chi connectivity index (χ1) is 11.7. The number of halogens is 1. The topological polar surface area (TPSA) is 72.5 Å². The van der Waals surface area contributed by atoms with Gasteiger partial charge in [-0.05, 0) is 36.8 Å². The van der Waals surface area contributed by atoms with Crippen LogP contribution in [0, 0.1) is 5.82 Å². The molecule has 3 aromatic rings. The lowest BCUT2D eigenvalue weighted by atomic mass is 10.1. The summed E-state index contributed by atoms with van der Waals surface area (Å²) in [6.07, 6.45) is 0. The monoisotopic (exact) mass is 364 g/mol. The number of rotatable bonds is 4. The second-order valence-electron chi connectivity index (χ2n) is 5.88. The molecule has 0 saturated carbocycles. The average Bonchev–Trinajstić information content (AvgIpc) is 2.89. The number of aromatic nitrogens is 1. The van der Waals surface area contributed by atoms with Crippen LogP contribution in [0.15, 0.2) is 56.6 Å². The van der Waals surface area contributed by atoms with Gasteiger partial charge < -0.3 is 4.42 Å². The van der Waals surface area contributed by atoms with Crippen LogP contribution in [0.25, 0.3) is 11.1 Å². The fourth-order valence-corrected chi connectivity index (χ4v) is 3.56. The van der Waals surface area contributed by atoms with Crippen LogP contribution in [-0.4, -0.2) is 31.4 Å². The van der Waals surface area contributed by atoms with Gasteiger partial charge >= 0.3 is 5.76 Å². The Bertz CT molecular complexity index is 1080. The molecule has 2 aromatic carbocycles. The summed E-state index contributed by atoms with van der Waals surface area (Å²) in [6.45, 7) is 1.79. The molecule has 0 amide bonds. The number of benzene rings is 2. The van der Waals surface area contributed by atoms with E-state index in [2.05, 4.69) is 0 Å². The van der Waals surface area contributed by atoms with Crippen LogP contribution in [0.2, 0.25) is 0 Å². The van der Waals surface area contributed by atoms with Crippen molar-refractivity contribution < 1.29 is 17.2 Å². The van der Waals surface area contributed by atoms with Crippen LogP contribution >= 0.6 is 0 Å². The Morgan fingerprint density at radius 1 is 1.12 bits per heavy atom. The van der Waals surface area contributed by atoms with Crippen molar-refractivity contribution in [2.45, 2.75) is 17.9 Å². The quantitative estimate of drug-likeness (QED) is 0.713. The van der Waals surface area contributed by atoms with Gasteiger partial charge in [0.15, 0.2) is 5.58 Å². The van der Waals surface area contributed by atoms with Gasteiger partial charge in [0.25, 0.3) is 0 Å². The van der Waals surface area contributed by atoms with E-state index in [9.17, 15) is 17.6 Å². The first-order valence-corrected chi connectivity index (χ1v) is 8.99. The molecule has 6 nitrogen and oxygen atoms in total. The molecular formula is C17H17FN2O4S. The Hall–Kier alpha value is -2.45. The summed E-state index contributed by atoms with van der Waals surface area (Å²) in [5.74, 6) is -0.967. The molecule has 0 spiro atoms. The third-order valence-electron chi connectivity index (χ3n) is 4.10. The molecule has 3 rings (SSSR count). The Morgan fingerprint density at radius 2 is 1.76 bits per heavy atom. The highest BCUT2D eigenvalue weighted by molar-refractivity contribution is 7.89. The first-order valence-electron chi connectivity index (χ1n) is 7.55. The molecule has 25 heavy (non-hydrogen) atoms. The number of hydrogen-bond donors (Lipinski definition) is 0. The first kappa shape index (κ1) is 17.4. The van der Waals surface area contributed by atoms with E-state index in [4.69, 9.17) is 4.42 Å². The smallest absolute Gasteiger partial charge is 0.408 e. The van der Waals surface area contributed by atoms with Gasteiger partial charge in [-0.25, -0.2) is 21.9 Å². The van der Waals surface area contributed by atoms with E-state index < -0.39 is 21.8 Å². The van der Waals surface area contributed by atoms with Gasteiger partial charge in [-0.2, -0.15) is 0 Å². The van der Waals surface area contributed by atoms with Crippen molar-refractivity contribution in [1.82, 2.24) is 8.87 Å². The molecule has 1 heterocycles. The van der Waals surface area contributed by atoms with Gasteiger partial charge in [-0.3, -0.25) is 4.57 Å². The summed E-state index contributed by atoms with van der Waals surface area (Å²) in [5, 5.41) is 0. The van der Waals surface area contributed by atoms with E-state index in [0.29, 0.717) is 5.52 Å². The maximum Gasteiger partial charge on any atom is 0.420 e. The van der Waals surface area contributed by atoms with Crippen molar-refractivity contribution in [2.24, 2.45) is 0 Å². The fourth-order valence-electron chi connectivity index (χ4n) is 2.65. The Balaban J connectivity index is 2.13. The van der Waals surface area contributed by atoms with Gasteiger partial charge in [0.05, 0.1) is 16.5 Å². The molecule has 1 unspecified atom stereocenters. The summed E-state index contributed by atoms with van der Waals surface area (Å²) < 4.78 is 45.3.